The zero-order valence-corrected chi connectivity index (χ0v) is 17.1. The predicted octanol–water partition coefficient (Wildman–Crippen LogP) is 3.67. The molecular weight excluding hydrogens is 426 g/mol. The average molecular weight is 445 g/mol. The summed E-state index contributed by atoms with van der Waals surface area (Å²) in [5, 5.41) is 2.50. The van der Waals surface area contributed by atoms with Gasteiger partial charge < -0.3 is 10.1 Å². The second kappa shape index (κ2) is 8.64. The van der Waals surface area contributed by atoms with Crippen LogP contribution in [-0.2, 0) is 14.8 Å². The highest BCUT2D eigenvalue weighted by Gasteiger charge is 2.35. The van der Waals surface area contributed by atoms with Gasteiger partial charge in [0.05, 0.1) is 18.1 Å². The number of halogens is 3. The van der Waals surface area contributed by atoms with Gasteiger partial charge in [-0.05, 0) is 49.2 Å². The topological polar surface area (TPSA) is 75.7 Å². The van der Waals surface area contributed by atoms with Crippen LogP contribution in [0.25, 0.3) is 0 Å². The summed E-state index contributed by atoms with van der Waals surface area (Å²) in [6.07, 6.45) is 0.937. The third-order valence-electron chi connectivity index (χ3n) is 4.69. The number of hydrogen-bond donors (Lipinski definition) is 1. The Morgan fingerprint density at radius 1 is 1.24 bits per heavy atom. The zero-order chi connectivity index (χ0) is 21.2. The van der Waals surface area contributed by atoms with Gasteiger partial charge in [0.25, 0.3) is 0 Å². The third kappa shape index (κ3) is 4.68. The van der Waals surface area contributed by atoms with Crippen LogP contribution in [0.1, 0.15) is 12.8 Å². The Hall–Kier alpha value is -2.23. The Morgan fingerprint density at radius 3 is 2.69 bits per heavy atom. The minimum atomic E-state index is -4.06. The Balaban J connectivity index is 1.78. The van der Waals surface area contributed by atoms with E-state index in [0.29, 0.717) is 18.5 Å². The number of piperidine rings is 1. The van der Waals surface area contributed by atoms with E-state index >= 15 is 0 Å². The van der Waals surface area contributed by atoms with E-state index in [1.54, 1.807) is 0 Å². The number of amides is 1. The van der Waals surface area contributed by atoms with Crippen molar-refractivity contribution >= 4 is 33.2 Å². The van der Waals surface area contributed by atoms with E-state index in [4.69, 9.17) is 16.3 Å². The summed E-state index contributed by atoms with van der Waals surface area (Å²) in [5.41, 5.74) is 0.313. The third-order valence-corrected chi connectivity index (χ3v) is 6.86. The average Bonchev–Trinajstić information content (AvgIpc) is 2.70. The van der Waals surface area contributed by atoms with Crippen molar-refractivity contribution in [2.24, 2.45) is 5.92 Å². The molecule has 0 radical (unpaired) electrons. The molecule has 0 aromatic heterocycles. The van der Waals surface area contributed by atoms with Gasteiger partial charge in [-0.15, -0.1) is 0 Å². The first kappa shape index (κ1) is 21.5. The molecule has 1 amide bonds. The highest BCUT2D eigenvalue weighted by molar-refractivity contribution is 7.89. The monoisotopic (exact) mass is 444 g/mol. The van der Waals surface area contributed by atoms with Crippen molar-refractivity contribution in [1.82, 2.24) is 4.31 Å². The molecule has 1 heterocycles. The molecule has 3 rings (SSSR count). The summed E-state index contributed by atoms with van der Waals surface area (Å²) in [6, 6.07) is 7.04. The van der Waals surface area contributed by atoms with Crippen LogP contribution in [0.5, 0.6) is 5.75 Å². The second-order valence-electron chi connectivity index (χ2n) is 6.62. The second-order valence-corrected chi connectivity index (χ2v) is 8.93. The highest BCUT2D eigenvalue weighted by Crippen LogP contribution is 2.31. The molecular formula is C19H19ClF2N2O4S. The number of benzene rings is 2. The molecule has 2 aromatic rings. The van der Waals surface area contributed by atoms with Crippen LogP contribution < -0.4 is 10.1 Å². The lowest BCUT2D eigenvalue weighted by Crippen LogP contribution is -2.43. The molecule has 0 spiro atoms. The lowest BCUT2D eigenvalue weighted by atomic mass is 9.99. The molecule has 0 aliphatic carbocycles. The summed E-state index contributed by atoms with van der Waals surface area (Å²) in [7, 11) is -2.76. The van der Waals surface area contributed by atoms with E-state index in [-0.39, 0.29) is 28.8 Å². The fourth-order valence-corrected chi connectivity index (χ4v) is 5.06. The van der Waals surface area contributed by atoms with Crippen LogP contribution in [0.4, 0.5) is 14.5 Å². The summed E-state index contributed by atoms with van der Waals surface area (Å²) < 4.78 is 59.2. The van der Waals surface area contributed by atoms with Crippen LogP contribution in [-0.4, -0.2) is 38.8 Å². The van der Waals surface area contributed by atoms with E-state index in [0.717, 1.165) is 22.5 Å². The van der Waals surface area contributed by atoms with Gasteiger partial charge in [0.2, 0.25) is 15.9 Å². The van der Waals surface area contributed by atoms with E-state index in [9.17, 15) is 22.0 Å². The quantitative estimate of drug-likeness (QED) is 0.763. The Labute approximate surface area is 172 Å². The van der Waals surface area contributed by atoms with Gasteiger partial charge in [-0.25, -0.2) is 17.2 Å². The van der Waals surface area contributed by atoms with Crippen molar-refractivity contribution in [3.05, 3.63) is 53.1 Å². The predicted molar refractivity (Wildman–Crippen MR) is 104 cm³/mol. The molecule has 0 unspecified atom stereocenters. The summed E-state index contributed by atoms with van der Waals surface area (Å²) in [5.74, 6) is -2.31. The maximum absolute atomic E-state index is 13.6. The van der Waals surface area contributed by atoms with E-state index in [2.05, 4.69) is 5.32 Å². The van der Waals surface area contributed by atoms with E-state index in [1.165, 1.54) is 25.3 Å². The van der Waals surface area contributed by atoms with Crippen LogP contribution in [0, 0.1) is 17.6 Å². The summed E-state index contributed by atoms with van der Waals surface area (Å²) in [4.78, 5) is 12.3. The molecule has 1 saturated heterocycles. The van der Waals surface area contributed by atoms with Crippen LogP contribution in [0.3, 0.4) is 0 Å². The molecule has 2 aromatic carbocycles. The van der Waals surface area contributed by atoms with Gasteiger partial charge in [-0.2, -0.15) is 4.31 Å². The van der Waals surface area contributed by atoms with Crippen molar-refractivity contribution in [3.8, 4) is 5.75 Å². The summed E-state index contributed by atoms with van der Waals surface area (Å²) >= 11 is 5.72. The lowest BCUT2D eigenvalue weighted by molar-refractivity contribution is -0.120. The van der Waals surface area contributed by atoms with Crippen molar-refractivity contribution in [2.45, 2.75) is 17.7 Å². The molecule has 10 heteroatoms. The highest BCUT2D eigenvalue weighted by atomic mass is 35.5. The first-order valence-electron chi connectivity index (χ1n) is 8.82. The van der Waals surface area contributed by atoms with Gasteiger partial charge >= 0.3 is 0 Å². The number of methoxy groups -OCH3 is 1. The zero-order valence-electron chi connectivity index (χ0n) is 15.5. The number of nitrogens with one attached hydrogen (secondary N) is 1. The maximum atomic E-state index is 13.6. The fraction of sp³-hybridized carbons (Fsp3) is 0.316. The number of hydrogen-bond acceptors (Lipinski definition) is 4. The van der Waals surface area contributed by atoms with E-state index < -0.39 is 33.5 Å². The Kier molecular flexibility index (Phi) is 6.40. The van der Waals surface area contributed by atoms with Crippen LogP contribution in [0.2, 0.25) is 5.02 Å². The largest absolute Gasteiger partial charge is 0.495 e. The normalized spacial score (nSPS) is 17.7. The molecule has 6 nitrogen and oxygen atoms in total. The molecule has 1 atom stereocenters. The van der Waals surface area contributed by atoms with Gasteiger partial charge in [0.15, 0.2) is 0 Å². The van der Waals surface area contributed by atoms with Crippen LogP contribution >= 0.6 is 11.6 Å². The standard InChI is InChI=1S/C19H19ClF2N2O4S/c1-28-17-7-4-13(21)9-18(17)29(26,27)24-8-2-3-12(11-24)19(25)23-14-5-6-16(22)15(20)10-14/h4-7,9-10,12H,2-3,8,11H2,1H3,(H,23,25)/t12-/m1/s1. The smallest absolute Gasteiger partial charge is 0.246 e. The van der Waals surface area contributed by atoms with E-state index in [1.807, 2.05) is 0 Å². The van der Waals surface area contributed by atoms with Crippen LogP contribution in [0.15, 0.2) is 41.3 Å². The molecule has 1 aliphatic heterocycles. The number of sulfonamides is 1. The lowest BCUT2D eigenvalue weighted by Gasteiger charge is -2.31. The molecule has 1 aliphatic rings. The van der Waals surface area contributed by atoms with Gasteiger partial charge in [-0.1, -0.05) is 11.6 Å². The van der Waals surface area contributed by atoms with Gasteiger partial charge in [0.1, 0.15) is 22.3 Å². The first-order chi connectivity index (χ1) is 13.7. The number of nitrogens with zero attached hydrogens (tertiary/aromatic N) is 1. The first-order valence-corrected chi connectivity index (χ1v) is 10.6. The van der Waals surface area contributed by atoms with Crippen molar-refractivity contribution in [1.29, 1.82) is 0 Å². The minimum Gasteiger partial charge on any atom is -0.495 e. The molecule has 0 bridgehead atoms. The number of ether oxygens (including phenoxy) is 1. The SMILES string of the molecule is COc1ccc(F)cc1S(=O)(=O)N1CCC[C@@H](C(=O)Nc2ccc(F)c(Cl)c2)C1. The fourth-order valence-electron chi connectivity index (χ4n) is 3.18. The Morgan fingerprint density at radius 2 is 2.00 bits per heavy atom. The van der Waals surface area contributed by atoms with Crippen molar-refractivity contribution < 1.29 is 26.7 Å². The number of anilines is 1. The minimum absolute atomic E-state index is 0.0268. The maximum Gasteiger partial charge on any atom is 0.246 e. The summed E-state index contributed by atoms with van der Waals surface area (Å²) in [6.45, 7) is 0.136. The van der Waals surface area contributed by atoms with Crippen molar-refractivity contribution in [2.75, 3.05) is 25.5 Å². The Bertz CT molecular complexity index is 1030. The molecule has 0 saturated carbocycles. The van der Waals surface area contributed by atoms with Gasteiger partial charge in [-0.3, -0.25) is 4.79 Å². The van der Waals surface area contributed by atoms with Gasteiger partial charge in [0, 0.05) is 18.8 Å². The molecule has 156 valence electrons. The molecule has 1 fully saturated rings. The molecule has 1 N–H and O–H groups in total. The van der Waals surface area contributed by atoms with Crippen molar-refractivity contribution in [3.63, 3.8) is 0 Å². The number of rotatable bonds is 5. The molecule has 29 heavy (non-hydrogen) atoms. The number of carbonyl (C=O) groups excluding carboxylic acids is 1. The number of carbonyl (C=O) groups is 1.